The highest BCUT2D eigenvalue weighted by atomic mass is 16.6. The molecule has 1 spiro atoms. The summed E-state index contributed by atoms with van der Waals surface area (Å²) in [5.41, 5.74) is -4.91. The molecular formula is C30H40O7. The molecule has 37 heavy (non-hydrogen) atoms. The van der Waals surface area contributed by atoms with Crippen LogP contribution in [-0.4, -0.2) is 62.2 Å². The lowest BCUT2D eigenvalue weighted by molar-refractivity contribution is -0.191. The SMILES string of the molecule is CCCC=C/C=C/C=CC(=O)O[C@@]12C[C@@H](C)[C@]34C=C(C)[C@H](O)[C@@]3(O)[C@H](O)C(CO)=C[C@H](C4=O)[C@@H]1C2(C)C. The number of ketones is 1. The number of carbonyl (C=O) groups excluding carboxylic acids is 2. The minimum atomic E-state index is -2.24. The predicted molar refractivity (Wildman–Crippen MR) is 139 cm³/mol. The van der Waals surface area contributed by atoms with Gasteiger partial charge in [0.1, 0.15) is 23.4 Å². The largest absolute Gasteiger partial charge is 0.455 e. The maximum atomic E-state index is 14.3. The number of hydrogen-bond acceptors (Lipinski definition) is 7. The smallest absolute Gasteiger partial charge is 0.331 e. The van der Waals surface area contributed by atoms with Crippen molar-refractivity contribution in [2.45, 2.75) is 77.3 Å². The van der Waals surface area contributed by atoms with Gasteiger partial charge in [0, 0.05) is 23.3 Å². The minimum absolute atomic E-state index is 0.0862. The molecule has 0 aromatic rings. The average Bonchev–Trinajstić information content (AvgIpc) is 3.26. The molecule has 2 bridgehead atoms. The number of unbranched alkanes of at least 4 members (excludes halogenated alkanes) is 1. The summed E-state index contributed by atoms with van der Waals surface area (Å²) >= 11 is 0. The predicted octanol–water partition coefficient (Wildman–Crippen LogP) is 2.95. The number of aliphatic hydroxyl groups excluding tert-OH is 3. The van der Waals surface area contributed by atoms with Crippen molar-refractivity contribution in [2.24, 2.45) is 28.6 Å². The molecule has 0 amide bonds. The van der Waals surface area contributed by atoms with Crippen molar-refractivity contribution in [3.63, 3.8) is 0 Å². The van der Waals surface area contributed by atoms with Gasteiger partial charge in [0.25, 0.3) is 0 Å². The van der Waals surface area contributed by atoms with E-state index in [0.29, 0.717) is 5.57 Å². The molecular weight excluding hydrogens is 472 g/mol. The molecule has 7 heteroatoms. The molecule has 8 atom stereocenters. The molecule has 0 aromatic carbocycles. The van der Waals surface area contributed by atoms with Crippen LogP contribution in [0.25, 0.3) is 0 Å². The number of ether oxygens (including phenoxy) is 1. The Morgan fingerprint density at radius 3 is 2.49 bits per heavy atom. The summed E-state index contributed by atoms with van der Waals surface area (Å²) < 4.78 is 6.14. The summed E-state index contributed by atoms with van der Waals surface area (Å²) in [6.45, 7) is 8.85. The van der Waals surface area contributed by atoms with Crippen LogP contribution in [0.4, 0.5) is 0 Å². The molecule has 0 aromatic heterocycles. The van der Waals surface area contributed by atoms with Crippen molar-refractivity contribution < 1.29 is 34.8 Å². The van der Waals surface area contributed by atoms with Crippen LogP contribution in [0, 0.1) is 28.6 Å². The highest BCUT2D eigenvalue weighted by Gasteiger charge is 2.83. The summed E-state index contributed by atoms with van der Waals surface area (Å²) in [5.74, 6) is -2.66. The maximum absolute atomic E-state index is 14.3. The Balaban J connectivity index is 1.73. The van der Waals surface area contributed by atoms with Gasteiger partial charge >= 0.3 is 5.97 Å². The van der Waals surface area contributed by atoms with Crippen molar-refractivity contribution >= 4 is 11.8 Å². The summed E-state index contributed by atoms with van der Waals surface area (Å²) in [6, 6.07) is 0. The van der Waals surface area contributed by atoms with Gasteiger partial charge in [0.15, 0.2) is 5.78 Å². The Hall–Kier alpha value is -2.32. The molecule has 0 aliphatic heterocycles. The van der Waals surface area contributed by atoms with E-state index in [1.807, 2.05) is 32.1 Å². The van der Waals surface area contributed by atoms with E-state index in [2.05, 4.69) is 6.92 Å². The molecule has 0 radical (unpaired) electrons. The van der Waals surface area contributed by atoms with Crippen LogP contribution in [0.5, 0.6) is 0 Å². The molecule has 4 aliphatic carbocycles. The van der Waals surface area contributed by atoms with Crippen LogP contribution in [-0.2, 0) is 14.3 Å². The molecule has 4 aliphatic rings. The summed E-state index contributed by atoms with van der Waals surface area (Å²) in [4.78, 5) is 27.3. The minimum Gasteiger partial charge on any atom is -0.455 e. The Morgan fingerprint density at radius 2 is 1.84 bits per heavy atom. The van der Waals surface area contributed by atoms with Crippen molar-refractivity contribution in [1.82, 2.24) is 0 Å². The second-order valence-corrected chi connectivity index (χ2v) is 11.8. The van der Waals surface area contributed by atoms with Gasteiger partial charge in [-0.05, 0) is 36.8 Å². The third-order valence-electron chi connectivity index (χ3n) is 9.49. The highest BCUT2D eigenvalue weighted by Crippen LogP contribution is 2.75. The standard InChI is InChI=1S/C30H40O7/c1-6-7-8-9-10-11-12-13-22(32)37-29-16-19(3)28-15-18(2)24(33)30(28,36)25(34)20(17-31)14-21(26(28)35)23(29)27(29,4)5/h8-15,19,21,23-25,31,33-34,36H,6-7,16-17H2,1-5H3/b9-8?,11-10+,13-12?/t19-,21+,23-,24+,25-,28+,29+,30-/m1/s1. The van der Waals surface area contributed by atoms with Gasteiger partial charge in [-0.15, -0.1) is 0 Å². The van der Waals surface area contributed by atoms with Crippen molar-refractivity contribution in [2.75, 3.05) is 6.61 Å². The van der Waals surface area contributed by atoms with Crippen molar-refractivity contribution in [3.8, 4) is 0 Å². The van der Waals surface area contributed by atoms with Crippen LogP contribution >= 0.6 is 0 Å². The maximum Gasteiger partial charge on any atom is 0.331 e. The number of aliphatic hydroxyl groups is 4. The van der Waals surface area contributed by atoms with Crippen molar-refractivity contribution in [3.05, 3.63) is 59.8 Å². The van der Waals surface area contributed by atoms with Gasteiger partial charge in [-0.2, -0.15) is 0 Å². The molecule has 2 saturated carbocycles. The van der Waals surface area contributed by atoms with Gasteiger partial charge in [-0.3, -0.25) is 4.79 Å². The normalized spacial score (nSPS) is 42.3. The first-order valence-corrected chi connectivity index (χ1v) is 13.2. The number of allylic oxidation sites excluding steroid dienone is 6. The van der Waals surface area contributed by atoms with Crippen molar-refractivity contribution in [1.29, 1.82) is 0 Å². The van der Waals surface area contributed by atoms with E-state index in [-0.39, 0.29) is 17.8 Å². The Bertz CT molecular complexity index is 1110. The lowest BCUT2D eigenvalue weighted by atomic mass is 9.59. The first kappa shape index (κ1) is 27.7. The Labute approximate surface area is 218 Å². The van der Waals surface area contributed by atoms with Crippen LogP contribution in [0.15, 0.2) is 59.8 Å². The van der Waals surface area contributed by atoms with Crippen LogP contribution in [0.2, 0.25) is 0 Å². The van der Waals surface area contributed by atoms with Gasteiger partial charge in [0.2, 0.25) is 0 Å². The van der Waals surface area contributed by atoms with Gasteiger partial charge in [0.05, 0.1) is 12.0 Å². The molecule has 4 rings (SSSR count). The fraction of sp³-hybridized carbons (Fsp3) is 0.600. The summed E-state index contributed by atoms with van der Waals surface area (Å²) in [5, 5.41) is 44.3. The number of Topliss-reactive ketones (excluding diaryl/α,β-unsaturated/α-hetero) is 1. The zero-order valence-corrected chi connectivity index (χ0v) is 22.3. The van der Waals surface area contributed by atoms with Crippen LogP contribution < -0.4 is 0 Å². The van der Waals surface area contributed by atoms with E-state index in [0.717, 1.165) is 12.8 Å². The van der Waals surface area contributed by atoms with E-state index in [4.69, 9.17) is 4.74 Å². The fourth-order valence-corrected chi connectivity index (χ4v) is 7.55. The second-order valence-electron chi connectivity index (χ2n) is 11.8. The molecule has 0 heterocycles. The Morgan fingerprint density at radius 1 is 1.16 bits per heavy atom. The summed E-state index contributed by atoms with van der Waals surface area (Å²) in [7, 11) is 0. The van der Waals surface area contributed by atoms with E-state index in [9.17, 15) is 30.0 Å². The quantitative estimate of drug-likeness (QED) is 0.179. The lowest BCUT2D eigenvalue weighted by Crippen LogP contribution is -2.65. The highest BCUT2D eigenvalue weighted by molar-refractivity contribution is 5.96. The summed E-state index contributed by atoms with van der Waals surface area (Å²) in [6.07, 6.45) is 12.9. The topological polar surface area (TPSA) is 124 Å². The molecule has 2 fully saturated rings. The molecule has 202 valence electrons. The number of fused-ring (bicyclic) bond motifs is 3. The average molecular weight is 513 g/mol. The molecule has 7 nitrogen and oxygen atoms in total. The number of rotatable bonds is 7. The van der Waals surface area contributed by atoms with E-state index in [1.54, 1.807) is 32.1 Å². The zero-order chi connectivity index (χ0) is 27.4. The van der Waals surface area contributed by atoms with Gasteiger partial charge in [-0.25, -0.2) is 4.79 Å². The van der Waals surface area contributed by atoms with Gasteiger partial charge < -0.3 is 25.2 Å². The first-order chi connectivity index (χ1) is 17.4. The monoisotopic (exact) mass is 512 g/mol. The molecule has 0 unspecified atom stereocenters. The van der Waals surface area contributed by atoms with Crippen LogP contribution in [0.1, 0.15) is 53.9 Å². The van der Waals surface area contributed by atoms with E-state index < -0.39 is 64.6 Å². The number of esters is 1. The number of hydrogen-bond donors (Lipinski definition) is 4. The first-order valence-electron chi connectivity index (χ1n) is 13.2. The third-order valence-corrected chi connectivity index (χ3v) is 9.49. The lowest BCUT2D eigenvalue weighted by Gasteiger charge is -2.48. The third kappa shape index (κ3) is 3.69. The molecule has 4 N–H and O–H groups in total. The second kappa shape index (κ2) is 9.45. The van der Waals surface area contributed by atoms with E-state index in [1.165, 1.54) is 12.2 Å². The van der Waals surface area contributed by atoms with Crippen LogP contribution in [0.3, 0.4) is 0 Å². The molecule has 0 saturated heterocycles. The van der Waals surface area contributed by atoms with E-state index >= 15 is 0 Å². The number of carbonyl (C=O) groups is 2. The zero-order valence-electron chi connectivity index (χ0n) is 22.3. The fourth-order valence-electron chi connectivity index (χ4n) is 7.55. The van der Waals surface area contributed by atoms with Gasteiger partial charge in [-0.1, -0.05) is 76.6 Å². The Kier molecular flexibility index (Phi) is 7.08.